The monoisotopic (exact) mass is 1870 g/mol. The Morgan fingerprint density at radius 1 is 0.704 bits per heavy atom. The van der Waals surface area contributed by atoms with E-state index in [0.29, 0.717) is 56.1 Å². The van der Waals surface area contributed by atoms with Crippen molar-refractivity contribution in [2.24, 2.45) is 63.3 Å². The van der Waals surface area contributed by atoms with E-state index in [1.165, 1.54) is 118 Å². The Morgan fingerprint density at radius 2 is 1.22 bits per heavy atom. The lowest BCUT2D eigenvalue weighted by molar-refractivity contribution is -0.906. The van der Waals surface area contributed by atoms with Crippen molar-refractivity contribution in [1.29, 1.82) is 0 Å². The van der Waals surface area contributed by atoms with Gasteiger partial charge in [0.15, 0.2) is 34.6 Å². The van der Waals surface area contributed by atoms with Crippen molar-refractivity contribution < 1.29 is 107 Å². The van der Waals surface area contributed by atoms with Crippen LogP contribution in [0.1, 0.15) is 232 Å². The summed E-state index contributed by atoms with van der Waals surface area (Å²) in [5.74, 6) is 12.9. The lowest BCUT2D eigenvalue weighted by atomic mass is 9.51. The quantitative estimate of drug-likeness (QED) is 0.0172. The number of rotatable bonds is 7. The molecule has 5 bridgehead atoms. The van der Waals surface area contributed by atoms with Gasteiger partial charge in [0, 0.05) is 96.5 Å². The standard InChI is InChI=1S/C49H68N4O12Si.2C28H30O4.C3H6O.CH4/c1-27-16-14-17-28(2)48(61)51-39-34(26-50-52-19-22-53(9,23-20-52)21-15-25-66(11,12)13)43(58)36-37(44(39)59)42(57)32(6)46-38(36)47(60)49(8,65-46)63-24-18-35(62-10)29(3)45(64-33(7)54)31(5)41(56)30(4)40(27)55;2*1-3-11-28(30)12-10-23-21-7-4-17-13-19(29)6-8-20(17)26(21)22(15-27(23,28)2)18-5-9-24-25(14-18)32-16-31-24;1-3(2)4;/h14,16-18,24,26-27,29-31,35,40-41,45,55-56H,19-23H2,1-13H3,(H3-,50,51,57,58,59,60,61);2*5,9,13-14,21-23,30H,4,6-8,10,12,15-16H2,1-2H3;1-2H3;1H4/b16-14+,24-18+,28-17-;;;;/t27-,29+,30+,31+,35?,40-,41+,45+,49-;2*21-,22+,23-,27-,28-;;/m000../s1. The van der Waals surface area contributed by atoms with Crippen LogP contribution in [0.15, 0.2) is 123 Å². The molecule has 25 nitrogen and oxygen atoms in total. The fraction of sp³-hybridized carbons (Fsp3) is 0.550. The number of quaternary nitrogens is 1. The second-order valence-corrected chi connectivity index (χ2v) is 46.0. The lowest BCUT2D eigenvalue weighted by Gasteiger charge is -2.53. The number of benzene rings is 4. The number of ketones is 4. The van der Waals surface area contributed by atoms with E-state index in [-0.39, 0.29) is 100 Å². The molecule has 4 aromatic rings. The number of nitrogens with one attached hydrogen (secondary N) is 1. The molecule has 19 atom stereocenters. The molecular formula is C109H138N4O21Si. The van der Waals surface area contributed by atoms with Gasteiger partial charge in [-0.05, 0) is 224 Å². The molecule has 1 amide bonds. The van der Waals surface area contributed by atoms with E-state index in [1.807, 2.05) is 38.1 Å². The summed E-state index contributed by atoms with van der Waals surface area (Å²) in [6.45, 7) is 34.0. The highest BCUT2D eigenvalue weighted by Gasteiger charge is 2.65. The summed E-state index contributed by atoms with van der Waals surface area (Å²) < 4.78 is 46.9. The number of aliphatic hydroxyl groups excluding tert-OH is 2. The first-order chi connectivity index (χ1) is 63.3. The van der Waals surface area contributed by atoms with Gasteiger partial charge in [0.2, 0.25) is 13.6 Å². The zero-order chi connectivity index (χ0) is 97.0. The highest BCUT2D eigenvalue weighted by atomic mass is 28.3. The number of phenolic OH excluding ortho intramolecular Hbond substituents is 2. The minimum atomic E-state index is -2.09. The van der Waals surface area contributed by atoms with E-state index in [0.717, 1.165) is 118 Å². The van der Waals surface area contributed by atoms with Gasteiger partial charge in [-0.15, -0.1) is 17.4 Å². The number of hydrogen-bond donors (Lipinski definition) is 7. The lowest BCUT2D eigenvalue weighted by Crippen LogP contribution is -2.56. The van der Waals surface area contributed by atoms with Crippen LogP contribution in [-0.4, -0.2) is 191 Å². The fourth-order valence-electron chi connectivity index (χ4n) is 23.7. The third-order valence-corrected chi connectivity index (χ3v) is 32.0. The van der Waals surface area contributed by atoms with E-state index in [1.54, 1.807) is 44.9 Å². The number of methoxy groups -OCH3 is 1. The molecule has 18 rings (SSSR count). The van der Waals surface area contributed by atoms with E-state index in [9.17, 15) is 64.5 Å². The Bertz CT molecular complexity index is 5640. The number of ether oxygens (including phenoxy) is 8. The Balaban J connectivity index is 0.000000184. The topological polar surface area (TPSA) is 348 Å². The third-order valence-electron chi connectivity index (χ3n) is 31.1. The average Bonchev–Trinajstić information content (AvgIpc) is 1.63. The highest BCUT2D eigenvalue weighted by molar-refractivity contribution is 6.83. The van der Waals surface area contributed by atoms with Crippen molar-refractivity contribution in [1.82, 2.24) is 5.01 Å². The largest absolute Gasteiger partial charge is 0.872 e. The molecule has 4 saturated carbocycles. The van der Waals surface area contributed by atoms with Crippen LogP contribution in [0.3, 0.4) is 0 Å². The first-order valence-corrected chi connectivity index (χ1v) is 51.1. The summed E-state index contributed by atoms with van der Waals surface area (Å²) in [5, 5.41) is 93.3. The van der Waals surface area contributed by atoms with Crippen molar-refractivity contribution in [2.75, 3.05) is 65.8 Å². The first-order valence-electron chi connectivity index (χ1n) is 47.6. The van der Waals surface area contributed by atoms with Gasteiger partial charge in [-0.2, -0.15) is 5.10 Å². The Morgan fingerprint density at radius 3 is 1.72 bits per heavy atom. The van der Waals surface area contributed by atoms with Crippen LogP contribution in [0, 0.1) is 100 Å². The van der Waals surface area contributed by atoms with Gasteiger partial charge in [-0.3, -0.25) is 29.0 Å². The molecule has 0 radical (unpaired) electrons. The van der Waals surface area contributed by atoms with Crippen LogP contribution in [0.2, 0.25) is 19.6 Å². The smallest absolute Gasteiger partial charge is 0.312 e. The Hall–Kier alpha value is -10.7. The molecule has 724 valence electrons. The number of aliphatic hydroxyl groups is 4. The van der Waals surface area contributed by atoms with Gasteiger partial charge in [-0.1, -0.05) is 134 Å². The maximum Gasteiger partial charge on any atom is 0.312 e. The molecule has 6 aliphatic heterocycles. The minimum Gasteiger partial charge on any atom is -0.872 e. The second-order valence-electron chi connectivity index (χ2n) is 41.2. The van der Waals surface area contributed by atoms with Crippen LogP contribution < -0.4 is 34.1 Å². The third kappa shape index (κ3) is 19.8. The highest BCUT2D eigenvalue weighted by Crippen LogP contribution is 2.69. The average molecular weight is 1870 g/mol. The molecular weight excluding hydrogens is 1730 g/mol. The van der Waals surface area contributed by atoms with Crippen LogP contribution in [0.25, 0.3) is 10.8 Å². The molecule has 7 N–H and O–H groups in total. The Labute approximate surface area is 796 Å². The number of allylic oxidation sites excluding steroid dienone is 10. The normalized spacial score (nSPS) is 32.7. The summed E-state index contributed by atoms with van der Waals surface area (Å²) >= 11 is 0. The van der Waals surface area contributed by atoms with Crippen LogP contribution in [0.5, 0.6) is 46.0 Å². The number of Topliss-reactive ketones (excluding diaryl/α,β-unsaturated/α-hetero) is 2. The van der Waals surface area contributed by atoms with Crippen molar-refractivity contribution in [3.8, 4) is 81.1 Å². The molecule has 14 aliphatic rings. The van der Waals surface area contributed by atoms with Crippen LogP contribution >= 0.6 is 0 Å². The van der Waals surface area contributed by atoms with E-state index in [4.69, 9.17) is 37.9 Å². The Kier molecular flexibility index (Phi) is 30.2. The number of likely N-dealkylation sites (N-methyl/N-ethyl adjacent to an activating group) is 1. The van der Waals surface area contributed by atoms with Gasteiger partial charge in [0.25, 0.3) is 11.7 Å². The van der Waals surface area contributed by atoms with Gasteiger partial charge in [0.05, 0.1) is 80.8 Å². The summed E-state index contributed by atoms with van der Waals surface area (Å²) in [7, 11) is 2.03. The number of hydrogen-bond acceptors (Lipinski definition) is 23. The SMILES string of the molecule is C.CC#C[C@]1(O)CC[C@H]2[C@@H]3CCC4=CC(=O)CCC4=C3[C@@H](c3ccc4c(c3)OCO4)C[C@@]21C.CC#C[C@]1(O)CC[C@H]2[C@@H]3CCC4=CC(=O)CCC4=C3[C@@H](c3ccc4c(c3)OCO4)C[C@@]21C.CC(C)=O.COC1/C=C/O[C@@]2(C)Oc3c(C)c([O-])c4c(O)c(c(/C=N/N5CC[N+](C)(CC#C[Si](C)(C)C)CC5)c(O)c4c3C2=O)NC(=O)/C(C)=C\C=C\[C@H](C)[C@H](O)[C@@H](C)[C@@H](O)[C@@H](C)[C@H](OC(C)=O)[C@@H]1C. The van der Waals surface area contributed by atoms with E-state index < -0.39 is 113 Å². The molecule has 4 aromatic carbocycles. The van der Waals surface area contributed by atoms with Crippen molar-refractivity contribution in [3.63, 3.8) is 0 Å². The number of carbonyl (C=O) groups is 6. The van der Waals surface area contributed by atoms with Crippen LogP contribution in [0.4, 0.5) is 5.69 Å². The number of fused-ring (bicyclic) bond motifs is 24. The first kappa shape index (κ1) is 102. The summed E-state index contributed by atoms with van der Waals surface area (Å²) in [5.41, 5.74) is 11.2. The van der Waals surface area contributed by atoms with Crippen molar-refractivity contribution >= 4 is 65.8 Å². The predicted octanol–water partition coefficient (Wildman–Crippen LogP) is 16.5. The van der Waals surface area contributed by atoms with Gasteiger partial charge >= 0.3 is 11.8 Å². The molecule has 1 unspecified atom stereocenters. The molecule has 26 heteroatoms. The van der Waals surface area contributed by atoms with Gasteiger partial charge in [0.1, 0.15) is 55.0 Å². The number of carbonyl (C=O) groups excluding carboxylic acids is 6. The maximum absolute atomic E-state index is 14.6. The maximum atomic E-state index is 14.6. The van der Waals surface area contributed by atoms with Gasteiger partial charge in [-0.25, -0.2) is 0 Å². The zero-order valence-corrected chi connectivity index (χ0v) is 82.2. The molecule has 5 fully saturated rings. The summed E-state index contributed by atoms with van der Waals surface area (Å²) in [6, 6.07) is 12.6. The molecule has 0 spiro atoms. The molecule has 6 heterocycles. The molecule has 135 heavy (non-hydrogen) atoms. The molecule has 8 aliphatic carbocycles. The number of nitrogens with zero attached hydrogens (tertiary/aromatic N) is 3. The van der Waals surface area contributed by atoms with E-state index >= 15 is 0 Å². The van der Waals surface area contributed by atoms with E-state index in [2.05, 4.69) is 110 Å². The van der Waals surface area contributed by atoms with Gasteiger partial charge < -0.3 is 88.2 Å². The second kappa shape index (κ2) is 40.1. The number of aromatic hydroxyl groups is 2. The number of anilines is 1. The van der Waals surface area contributed by atoms with Crippen molar-refractivity contribution in [2.45, 2.75) is 267 Å². The van der Waals surface area contributed by atoms with Crippen molar-refractivity contribution in [3.05, 3.63) is 146 Å². The minimum absolute atomic E-state index is 0. The predicted molar refractivity (Wildman–Crippen MR) is 518 cm³/mol. The zero-order valence-electron chi connectivity index (χ0n) is 81.2. The number of piperazine rings is 1. The number of amides is 1. The summed E-state index contributed by atoms with van der Waals surface area (Å²) in [6.07, 6.45) is 20.7. The number of hydrazone groups is 1. The molecule has 0 aromatic heterocycles. The number of esters is 1. The molecule has 1 saturated heterocycles. The van der Waals surface area contributed by atoms with Crippen LogP contribution in [-0.2, 0) is 38.2 Å². The summed E-state index contributed by atoms with van der Waals surface area (Å²) in [4.78, 5) is 74.6. The fourth-order valence-corrected chi connectivity index (χ4v) is 24.3. The number of phenols is 2.